The van der Waals surface area contributed by atoms with Crippen LogP contribution in [0.4, 0.5) is 10.2 Å². The summed E-state index contributed by atoms with van der Waals surface area (Å²) in [5, 5.41) is 17.6. The topological polar surface area (TPSA) is 118 Å². The molecule has 0 bridgehead atoms. The number of pyridine rings is 1. The Labute approximate surface area is 259 Å². The molecule has 3 heterocycles. The van der Waals surface area contributed by atoms with Crippen LogP contribution in [-0.2, 0) is 11.3 Å². The summed E-state index contributed by atoms with van der Waals surface area (Å²) in [6.45, 7) is 4.37. The molecule has 44 heavy (non-hydrogen) atoms. The van der Waals surface area contributed by atoms with Crippen molar-refractivity contribution in [1.29, 1.82) is 0 Å². The lowest BCUT2D eigenvalue weighted by atomic mass is 9.66. The van der Waals surface area contributed by atoms with Crippen molar-refractivity contribution >= 4 is 17.6 Å². The van der Waals surface area contributed by atoms with E-state index in [1.807, 2.05) is 13.8 Å². The Balaban J connectivity index is 1.29. The molecule has 6 rings (SSSR count). The highest BCUT2D eigenvalue weighted by Crippen LogP contribution is 2.42. The Kier molecular flexibility index (Phi) is 9.42. The first-order chi connectivity index (χ1) is 21.4. The van der Waals surface area contributed by atoms with Crippen LogP contribution in [0.2, 0.25) is 0 Å². The summed E-state index contributed by atoms with van der Waals surface area (Å²) in [6.07, 6.45) is 16.4. The third kappa shape index (κ3) is 6.59. The zero-order valence-electron chi connectivity index (χ0n) is 26.1. The number of anilines is 1. The van der Waals surface area contributed by atoms with Gasteiger partial charge in [0.25, 0.3) is 5.91 Å². The molecule has 9 nitrogen and oxygen atoms in total. The lowest BCUT2D eigenvalue weighted by Gasteiger charge is -2.42. The molecule has 0 aromatic carbocycles. The first-order valence-electron chi connectivity index (χ1n) is 16.7. The van der Waals surface area contributed by atoms with Gasteiger partial charge in [-0.2, -0.15) is 14.6 Å². The molecule has 3 aromatic rings. The fraction of sp³-hybridized carbons (Fsp3) is 0.618. The van der Waals surface area contributed by atoms with Gasteiger partial charge < -0.3 is 10.6 Å². The quantitative estimate of drug-likeness (QED) is 0.222. The molecule has 0 saturated heterocycles. The monoisotopic (exact) mass is 603 g/mol. The predicted molar refractivity (Wildman–Crippen MR) is 167 cm³/mol. The van der Waals surface area contributed by atoms with Gasteiger partial charge in [-0.25, -0.2) is 4.98 Å². The molecule has 0 aliphatic heterocycles. The van der Waals surface area contributed by atoms with Crippen LogP contribution in [0.15, 0.2) is 24.4 Å². The second-order valence-electron chi connectivity index (χ2n) is 13.4. The molecule has 3 saturated carbocycles. The molecule has 236 valence electrons. The van der Waals surface area contributed by atoms with Crippen molar-refractivity contribution in [2.24, 2.45) is 23.7 Å². The van der Waals surface area contributed by atoms with Crippen LogP contribution >= 0.6 is 0 Å². The maximum Gasteiger partial charge on any atom is 0.270 e. The highest BCUT2D eigenvalue weighted by Gasteiger charge is 2.41. The van der Waals surface area contributed by atoms with E-state index >= 15 is 4.39 Å². The summed E-state index contributed by atoms with van der Waals surface area (Å²) in [4.78, 5) is 32.3. The number of carbonyl (C=O) groups excluding carboxylic acids is 2. The maximum atomic E-state index is 15.4. The van der Waals surface area contributed by atoms with Crippen molar-refractivity contribution in [2.45, 2.75) is 110 Å². The number of carbonyl (C=O) groups is 2. The Morgan fingerprint density at radius 2 is 1.64 bits per heavy atom. The van der Waals surface area contributed by atoms with Crippen LogP contribution in [0, 0.1) is 43.5 Å². The van der Waals surface area contributed by atoms with Gasteiger partial charge in [-0.15, -0.1) is 0 Å². The van der Waals surface area contributed by atoms with Crippen LogP contribution in [0.3, 0.4) is 0 Å². The van der Waals surface area contributed by atoms with E-state index in [0.29, 0.717) is 46.8 Å². The average Bonchev–Trinajstić information content (AvgIpc) is 3.61. The van der Waals surface area contributed by atoms with Gasteiger partial charge in [-0.3, -0.25) is 19.4 Å². The number of halogens is 1. The van der Waals surface area contributed by atoms with Crippen LogP contribution < -0.4 is 10.6 Å². The van der Waals surface area contributed by atoms with Gasteiger partial charge in [0.15, 0.2) is 0 Å². The normalized spacial score (nSPS) is 19.1. The van der Waals surface area contributed by atoms with Crippen LogP contribution in [0.5, 0.6) is 0 Å². The molecule has 0 spiro atoms. The van der Waals surface area contributed by atoms with Crippen molar-refractivity contribution in [2.75, 3.05) is 5.32 Å². The van der Waals surface area contributed by atoms with Crippen molar-refractivity contribution in [3.63, 3.8) is 0 Å². The lowest BCUT2D eigenvalue weighted by Crippen LogP contribution is -2.53. The second-order valence-corrected chi connectivity index (χ2v) is 13.4. The summed E-state index contributed by atoms with van der Waals surface area (Å²) in [6, 6.07) is 4.25. The molecule has 1 atom stereocenters. The van der Waals surface area contributed by atoms with Crippen molar-refractivity contribution in [3.05, 3.63) is 47.4 Å². The molecule has 0 radical (unpaired) electrons. The standard InChI is InChI=1S/C34H46FN7O2/c1-21-29(22(2)41-40-21)26-16-17-28(37-32(26)35)38-34(44)31(30(24-12-5-3-6-13-24)25-14-7-4-8-15-25)39-33(43)27-18-19-36-42(27)20-23-10-9-11-23/h16-19,23-25,30-31H,3-15,20H2,1-2H3,(H,39,43)(H,40,41)(H,37,38,44). The molecule has 3 aromatic heterocycles. The largest absolute Gasteiger partial charge is 0.339 e. The molecule has 1 unspecified atom stereocenters. The van der Waals surface area contributed by atoms with Crippen LogP contribution in [0.1, 0.15) is 105 Å². The first kappa shape index (κ1) is 30.5. The first-order valence-corrected chi connectivity index (χ1v) is 16.7. The van der Waals surface area contributed by atoms with Gasteiger partial charge in [0.1, 0.15) is 17.6 Å². The van der Waals surface area contributed by atoms with Crippen molar-refractivity contribution < 1.29 is 14.0 Å². The van der Waals surface area contributed by atoms with E-state index in [1.165, 1.54) is 19.3 Å². The third-order valence-corrected chi connectivity index (χ3v) is 10.4. The number of aromatic amines is 1. The number of amides is 2. The summed E-state index contributed by atoms with van der Waals surface area (Å²) in [5.74, 6) is 0.0873. The highest BCUT2D eigenvalue weighted by molar-refractivity contribution is 6.00. The van der Waals surface area contributed by atoms with Gasteiger partial charge in [0.05, 0.1) is 5.69 Å². The van der Waals surface area contributed by atoms with E-state index in [9.17, 15) is 9.59 Å². The zero-order valence-corrected chi connectivity index (χ0v) is 26.1. The number of aryl methyl sites for hydroxylation is 2. The SMILES string of the molecule is Cc1n[nH]c(C)c1-c1ccc(NC(=O)C(NC(=O)c2ccnn2CC2CCC2)C(C2CCCCC2)C2CCCCC2)nc1F. The minimum atomic E-state index is -0.761. The number of nitrogens with zero attached hydrogens (tertiary/aromatic N) is 4. The van der Waals surface area contributed by atoms with E-state index in [4.69, 9.17) is 0 Å². The van der Waals surface area contributed by atoms with Gasteiger partial charge >= 0.3 is 0 Å². The minimum absolute atomic E-state index is 0.00269. The summed E-state index contributed by atoms with van der Waals surface area (Å²) < 4.78 is 17.2. The van der Waals surface area contributed by atoms with Gasteiger partial charge in [-0.1, -0.05) is 70.6 Å². The Bertz CT molecular complexity index is 1410. The number of hydrogen-bond acceptors (Lipinski definition) is 5. The molecule has 3 N–H and O–H groups in total. The molecule has 3 aliphatic rings. The van der Waals surface area contributed by atoms with E-state index in [0.717, 1.165) is 69.9 Å². The minimum Gasteiger partial charge on any atom is -0.339 e. The zero-order chi connectivity index (χ0) is 30.6. The van der Waals surface area contributed by atoms with Crippen LogP contribution in [-0.4, -0.2) is 42.8 Å². The highest BCUT2D eigenvalue weighted by atomic mass is 19.1. The third-order valence-electron chi connectivity index (χ3n) is 10.4. The average molecular weight is 604 g/mol. The van der Waals surface area contributed by atoms with Gasteiger partial charge in [0, 0.05) is 29.6 Å². The summed E-state index contributed by atoms with van der Waals surface area (Å²) in [7, 11) is 0. The fourth-order valence-electron chi connectivity index (χ4n) is 7.95. The molecule has 10 heteroatoms. The Morgan fingerprint density at radius 1 is 0.955 bits per heavy atom. The predicted octanol–water partition coefficient (Wildman–Crippen LogP) is 6.74. The number of rotatable bonds is 10. The van der Waals surface area contributed by atoms with Gasteiger partial charge in [-0.05, 0) is 68.6 Å². The molecule has 3 aliphatic carbocycles. The van der Waals surface area contributed by atoms with Crippen molar-refractivity contribution in [3.8, 4) is 11.1 Å². The summed E-state index contributed by atoms with van der Waals surface area (Å²) in [5.41, 5.74) is 2.93. The molecular weight excluding hydrogens is 557 g/mol. The second kappa shape index (κ2) is 13.6. The number of nitrogens with one attached hydrogen (secondary N) is 3. The van der Waals surface area contributed by atoms with Gasteiger partial charge in [0.2, 0.25) is 11.9 Å². The summed E-state index contributed by atoms with van der Waals surface area (Å²) >= 11 is 0. The lowest BCUT2D eigenvalue weighted by molar-refractivity contribution is -0.121. The van der Waals surface area contributed by atoms with Crippen LogP contribution in [0.25, 0.3) is 11.1 Å². The smallest absolute Gasteiger partial charge is 0.270 e. The fourth-order valence-corrected chi connectivity index (χ4v) is 7.95. The van der Waals surface area contributed by atoms with E-state index in [1.54, 1.807) is 29.1 Å². The van der Waals surface area contributed by atoms with E-state index in [2.05, 4.69) is 30.9 Å². The Morgan fingerprint density at radius 3 is 2.20 bits per heavy atom. The Hall–Kier alpha value is -3.56. The van der Waals surface area contributed by atoms with Crippen molar-refractivity contribution in [1.82, 2.24) is 30.3 Å². The van der Waals surface area contributed by atoms with E-state index < -0.39 is 12.0 Å². The molecule has 3 fully saturated rings. The number of hydrogen-bond donors (Lipinski definition) is 3. The number of aromatic nitrogens is 5. The molecular formula is C34H46FN7O2. The number of H-pyrrole nitrogens is 1. The molecule has 2 amide bonds. The maximum absolute atomic E-state index is 15.4. The van der Waals surface area contributed by atoms with E-state index in [-0.39, 0.29) is 23.6 Å².